The van der Waals surface area contributed by atoms with E-state index in [1.165, 1.54) is 0 Å². The zero-order valence-electron chi connectivity index (χ0n) is 10.3. The van der Waals surface area contributed by atoms with Gasteiger partial charge in [0.25, 0.3) is 0 Å². The molecule has 1 unspecified atom stereocenters. The number of ketones is 1. The predicted molar refractivity (Wildman–Crippen MR) is 69.0 cm³/mol. The zero-order valence-corrected chi connectivity index (χ0v) is 10.3. The van der Waals surface area contributed by atoms with Crippen LogP contribution in [0, 0.1) is 0 Å². The monoisotopic (exact) mass is 228 g/mol. The summed E-state index contributed by atoms with van der Waals surface area (Å²) in [6.45, 7) is 5.35. The first-order valence-electron chi connectivity index (χ1n) is 5.64. The number of aliphatic imine (C=N–C) groups is 1. The van der Waals surface area contributed by atoms with Crippen molar-refractivity contribution in [3.8, 4) is 0 Å². The maximum absolute atomic E-state index is 11.7. The van der Waals surface area contributed by atoms with Crippen molar-refractivity contribution >= 4 is 11.6 Å². The SMILES string of the molecule is CC(=O)C1(C)C=C(C)NC(c2ccccc2)=N1. The average molecular weight is 228 g/mol. The molecule has 0 bridgehead atoms. The van der Waals surface area contributed by atoms with Crippen molar-refractivity contribution in [2.75, 3.05) is 0 Å². The van der Waals surface area contributed by atoms with Gasteiger partial charge in [-0.3, -0.25) is 4.79 Å². The van der Waals surface area contributed by atoms with Gasteiger partial charge in [0, 0.05) is 11.3 Å². The molecule has 0 saturated heterocycles. The van der Waals surface area contributed by atoms with Crippen LogP contribution in [0.15, 0.2) is 47.1 Å². The first-order chi connectivity index (χ1) is 8.01. The molecule has 0 aliphatic carbocycles. The highest BCUT2D eigenvalue weighted by Crippen LogP contribution is 2.21. The largest absolute Gasteiger partial charge is 0.344 e. The Hall–Kier alpha value is -1.90. The van der Waals surface area contributed by atoms with E-state index in [0.29, 0.717) is 0 Å². The van der Waals surface area contributed by atoms with Crippen LogP contribution in [-0.4, -0.2) is 17.2 Å². The summed E-state index contributed by atoms with van der Waals surface area (Å²) in [5, 5.41) is 3.20. The Balaban J connectivity index is 2.44. The van der Waals surface area contributed by atoms with E-state index in [2.05, 4.69) is 10.3 Å². The second-order valence-corrected chi connectivity index (χ2v) is 4.48. The molecule has 3 nitrogen and oxygen atoms in total. The number of rotatable bonds is 2. The van der Waals surface area contributed by atoms with Crippen LogP contribution in [0.1, 0.15) is 26.3 Å². The van der Waals surface area contributed by atoms with Crippen LogP contribution in [0.4, 0.5) is 0 Å². The molecule has 2 rings (SSSR count). The van der Waals surface area contributed by atoms with Gasteiger partial charge in [0.2, 0.25) is 0 Å². The fraction of sp³-hybridized carbons (Fsp3) is 0.286. The third-order valence-corrected chi connectivity index (χ3v) is 2.92. The zero-order chi connectivity index (χ0) is 12.5. The number of carbonyl (C=O) groups is 1. The lowest BCUT2D eigenvalue weighted by Crippen LogP contribution is -2.39. The van der Waals surface area contributed by atoms with Crippen LogP contribution in [0.25, 0.3) is 0 Å². The van der Waals surface area contributed by atoms with Crippen molar-refractivity contribution in [2.45, 2.75) is 26.3 Å². The number of allylic oxidation sites excluding steroid dienone is 1. The van der Waals surface area contributed by atoms with Gasteiger partial charge in [0.15, 0.2) is 5.78 Å². The van der Waals surface area contributed by atoms with Crippen molar-refractivity contribution in [3.63, 3.8) is 0 Å². The summed E-state index contributed by atoms with van der Waals surface area (Å²) in [7, 11) is 0. The van der Waals surface area contributed by atoms with Crippen LogP contribution in [0.2, 0.25) is 0 Å². The molecule has 88 valence electrons. The minimum Gasteiger partial charge on any atom is -0.344 e. The molecule has 1 aliphatic rings. The fourth-order valence-corrected chi connectivity index (χ4v) is 1.85. The van der Waals surface area contributed by atoms with Gasteiger partial charge in [0.05, 0.1) is 0 Å². The lowest BCUT2D eigenvalue weighted by molar-refractivity contribution is -0.120. The summed E-state index contributed by atoms with van der Waals surface area (Å²) < 4.78 is 0. The maximum atomic E-state index is 11.7. The summed E-state index contributed by atoms with van der Waals surface area (Å²) in [6.07, 6.45) is 1.86. The molecule has 0 fully saturated rings. The first-order valence-corrected chi connectivity index (χ1v) is 5.64. The Kier molecular flexibility index (Phi) is 2.84. The van der Waals surface area contributed by atoms with E-state index in [1.54, 1.807) is 6.92 Å². The highest BCUT2D eigenvalue weighted by Gasteiger charge is 2.30. The van der Waals surface area contributed by atoms with Crippen molar-refractivity contribution in [3.05, 3.63) is 47.7 Å². The molecule has 1 aliphatic heterocycles. The van der Waals surface area contributed by atoms with E-state index >= 15 is 0 Å². The normalized spacial score (nSPS) is 23.5. The van der Waals surface area contributed by atoms with Crippen LogP contribution in [-0.2, 0) is 4.79 Å². The van der Waals surface area contributed by atoms with E-state index in [1.807, 2.05) is 50.3 Å². The molecule has 1 heterocycles. The van der Waals surface area contributed by atoms with E-state index < -0.39 is 5.54 Å². The number of hydrogen-bond acceptors (Lipinski definition) is 3. The number of nitrogens with zero attached hydrogens (tertiary/aromatic N) is 1. The second-order valence-electron chi connectivity index (χ2n) is 4.48. The summed E-state index contributed by atoms with van der Waals surface area (Å²) in [4.78, 5) is 16.2. The highest BCUT2D eigenvalue weighted by atomic mass is 16.1. The smallest absolute Gasteiger partial charge is 0.161 e. The summed E-state index contributed by atoms with van der Waals surface area (Å²) >= 11 is 0. The molecule has 0 radical (unpaired) electrons. The quantitative estimate of drug-likeness (QED) is 0.843. The summed E-state index contributed by atoms with van der Waals surface area (Å²) in [5.74, 6) is 0.801. The Morgan fingerprint density at radius 3 is 2.53 bits per heavy atom. The predicted octanol–water partition coefficient (Wildman–Crippen LogP) is 2.29. The van der Waals surface area contributed by atoms with Gasteiger partial charge in [-0.15, -0.1) is 0 Å². The molecular formula is C14H16N2O. The Labute approximate surface area is 101 Å². The number of nitrogens with one attached hydrogen (secondary N) is 1. The van der Waals surface area contributed by atoms with Gasteiger partial charge < -0.3 is 5.32 Å². The molecule has 1 aromatic carbocycles. The van der Waals surface area contributed by atoms with Crippen LogP contribution < -0.4 is 5.32 Å². The van der Waals surface area contributed by atoms with Crippen molar-refractivity contribution < 1.29 is 4.79 Å². The van der Waals surface area contributed by atoms with Gasteiger partial charge >= 0.3 is 0 Å². The highest BCUT2D eigenvalue weighted by molar-refractivity contribution is 6.03. The molecular weight excluding hydrogens is 212 g/mol. The lowest BCUT2D eigenvalue weighted by Gasteiger charge is -2.26. The summed E-state index contributed by atoms with van der Waals surface area (Å²) in [6, 6.07) is 9.83. The second kappa shape index (κ2) is 4.17. The molecule has 0 amide bonds. The Morgan fingerprint density at radius 2 is 1.94 bits per heavy atom. The maximum Gasteiger partial charge on any atom is 0.161 e. The summed E-state index contributed by atoms with van der Waals surface area (Å²) in [5.41, 5.74) is 1.20. The van der Waals surface area contributed by atoms with Gasteiger partial charge in [-0.05, 0) is 26.8 Å². The fourth-order valence-electron chi connectivity index (χ4n) is 1.85. The first kappa shape index (κ1) is 11.6. The van der Waals surface area contributed by atoms with E-state index in [-0.39, 0.29) is 5.78 Å². The molecule has 0 spiro atoms. The van der Waals surface area contributed by atoms with Crippen molar-refractivity contribution in [1.82, 2.24) is 5.32 Å². The number of hydrogen-bond donors (Lipinski definition) is 1. The van der Waals surface area contributed by atoms with Gasteiger partial charge in [-0.25, -0.2) is 4.99 Å². The number of benzene rings is 1. The van der Waals surface area contributed by atoms with Crippen LogP contribution >= 0.6 is 0 Å². The van der Waals surface area contributed by atoms with Crippen molar-refractivity contribution in [1.29, 1.82) is 0 Å². The molecule has 0 aromatic heterocycles. The topological polar surface area (TPSA) is 41.5 Å². The van der Waals surface area contributed by atoms with Crippen molar-refractivity contribution in [2.24, 2.45) is 4.99 Å². The van der Waals surface area contributed by atoms with E-state index in [4.69, 9.17) is 0 Å². The van der Waals surface area contributed by atoms with Crippen LogP contribution in [0.3, 0.4) is 0 Å². The van der Waals surface area contributed by atoms with Gasteiger partial charge in [-0.2, -0.15) is 0 Å². The minimum atomic E-state index is -0.749. The molecule has 1 N–H and O–H groups in total. The number of amidine groups is 1. The van der Waals surface area contributed by atoms with E-state index in [9.17, 15) is 4.79 Å². The molecule has 17 heavy (non-hydrogen) atoms. The minimum absolute atomic E-state index is 0.0479. The molecule has 1 atom stereocenters. The average Bonchev–Trinajstić information content (AvgIpc) is 2.29. The Morgan fingerprint density at radius 1 is 1.29 bits per heavy atom. The van der Waals surface area contributed by atoms with E-state index in [0.717, 1.165) is 17.1 Å². The Bertz CT molecular complexity index is 502. The third kappa shape index (κ3) is 2.28. The number of Topliss-reactive ketones (excluding diaryl/α,β-unsaturated/α-hetero) is 1. The standard InChI is InChI=1S/C14H16N2O/c1-10-9-14(3,11(2)17)16-13(15-10)12-7-5-4-6-8-12/h4-9H,1-3H3,(H,15,16). The molecule has 3 heteroatoms. The van der Waals surface area contributed by atoms with Gasteiger partial charge in [-0.1, -0.05) is 30.3 Å². The van der Waals surface area contributed by atoms with Crippen LogP contribution in [0.5, 0.6) is 0 Å². The third-order valence-electron chi connectivity index (χ3n) is 2.92. The lowest BCUT2D eigenvalue weighted by atomic mass is 9.95. The number of carbonyl (C=O) groups excluding carboxylic acids is 1. The van der Waals surface area contributed by atoms with Gasteiger partial charge in [0.1, 0.15) is 11.4 Å². The molecule has 0 saturated carbocycles. The molecule has 1 aromatic rings.